The van der Waals surface area contributed by atoms with Crippen LogP contribution in [0.2, 0.25) is 5.02 Å². The van der Waals surface area contributed by atoms with E-state index in [1.165, 1.54) is 12.1 Å². The van der Waals surface area contributed by atoms with Crippen molar-refractivity contribution in [2.24, 2.45) is 11.3 Å². The molecular weight excluding hydrogens is 261 g/mol. The van der Waals surface area contributed by atoms with Crippen LogP contribution in [0.4, 0.5) is 4.39 Å². The number of benzene rings is 1. The Balaban J connectivity index is 2.88. The van der Waals surface area contributed by atoms with Crippen LogP contribution in [0, 0.1) is 17.2 Å². The molecule has 3 heteroatoms. The van der Waals surface area contributed by atoms with Gasteiger partial charge in [0, 0.05) is 17.6 Å². The van der Waals surface area contributed by atoms with Gasteiger partial charge in [-0.2, -0.15) is 0 Å². The fourth-order valence-corrected chi connectivity index (χ4v) is 2.24. The van der Waals surface area contributed by atoms with E-state index in [0.29, 0.717) is 17.0 Å². The van der Waals surface area contributed by atoms with E-state index in [4.69, 9.17) is 11.6 Å². The highest BCUT2D eigenvalue weighted by Gasteiger charge is 2.29. The largest absolute Gasteiger partial charge is 0.314 e. The lowest BCUT2D eigenvalue weighted by Gasteiger charge is -2.35. The normalized spacial score (nSPS) is 15.0. The van der Waals surface area contributed by atoms with Crippen molar-refractivity contribution in [3.8, 4) is 0 Å². The quantitative estimate of drug-likeness (QED) is 0.800. The zero-order valence-electron chi connectivity index (χ0n) is 12.6. The number of nitrogens with one attached hydrogen (secondary N) is 1. The average molecular weight is 286 g/mol. The van der Waals surface area contributed by atoms with Crippen LogP contribution in [-0.2, 0) is 6.42 Å². The van der Waals surface area contributed by atoms with Crippen molar-refractivity contribution >= 4 is 11.6 Å². The summed E-state index contributed by atoms with van der Waals surface area (Å²) in [5.74, 6) is 0.236. The Morgan fingerprint density at radius 1 is 1.26 bits per heavy atom. The third kappa shape index (κ3) is 4.77. The molecule has 0 aliphatic rings. The maximum absolute atomic E-state index is 13.1. The average Bonchev–Trinajstić information content (AvgIpc) is 2.30. The highest BCUT2D eigenvalue weighted by molar-refractivity contribution is 6.31. The monoisotopic (exact) mass is 285 g/mol. The molecule has 1 atom stereocenters. The third-order valence-corrected chi connectivity index (χ3v) is 4.27. The molecule has 0 saturated heterocycles. The van der Waals surface area contributed by atoms with Gasteiger partial charge in [-0.1, -0.05) is 52.3 Å². The van der Waals surface area contributed by atoms with Crippen LogP contribution in [0.1, 0.15) is 40.2 Å². The summed E-state index contributed by atoms with van der Waals surface area (Å²) >= 11 is 6.14. The van der Waals surface area contributed by atoms with Gasteiger partial charge in [0.2, 0.25) is 0 Å². The standard InChI is InChI=1S/C16H25ClFN/c1-11(2)16(5,10-19-12(3)4)9-13-6-7-14(18)8-15(13)17/h6-8,11-12,19H,9-10H2,1-5H3. The smallest absolute Gasteiger partial charge is 0.124 e. The van der Waals surface area contributed by atoms with E-state index >= 15 is 0 Å². The van der Waals surface area contributed by atoms with Gasteiger partial charge in [0.1, 0.15) is 5.82 Å². The van der Waals surface area contributed by atoms with Crippen molar-refractivity contribution in [2.45, 2.75) is 47.1 Å². The molecule has 0 fully saturated rings. The van der Waals surface area contributed by atoms with Crippen LogP contribution in [0.5, 0.6) is 0 Å². The second-order valence-corrected chi connectivity index (χ2v) is 6.66. The topological polar surface area (TPSA) is 12.0 Å². The van der Waals surface area contributed by atoms with Gasteiger partial charge in [-0.3, -0.25) is 0 Å². The lowest BCUT2D eigenvalue weighted by molar-refractivity contribution is 0.202. The summed E-state index contributed by atoms with van der Waals surface area (Å²) in [6.07, 6.45) is 0.851. The maximum Gasteiger partial charge on any atom is 0.124 e. The molecule has 1 aromatic rings. The van der Waals surface area contributed by atoms with E-state index in [0.717, 1.165) is 18.5 Å². The molecular formula is C16H25ClFN. The van der Waals surface area contributed by atoms with Crippen LogP contribution in [0.25, 0.3) is 0 Å². The SMILES string of the molecule is CC(C)NCC(C)(Cc1ccc(F)cc1Cl)C(C)C. The molecule has 0 aromatic heterocycles. The second kappa shape index (κ2) is 6.71. The molecule has 0 heterocycles. The summed E-state index contributed by atoms with van der Waals surface area (Å²) in [5, 5.41) is 4.03. The lowest BCUT2D eigenvalue weighted by Crippen LogP contribution is -2.40. The lowest BCUT2D eigenvalue weighted by atomic mass is 9.74. The van der Waals surface area contributed by atoms with Crippen molar-refractivity contribution in [3.63, 3.8) is 0 Å². The van der Waals surface area contributed by atoms with Crippen LogP contribution in [0.3, 0.4) is 0 Å². The van der Waals surface area contributed by atoms with Crippen LogP contribution >= 0.6 is 11.6 Å². The Morgan fingerprint density at radius 3 is 2.37 bits per heavy atom. The van der Waals surface area contributed by atoms with Crippen LogP contribution < -0.4 is 5.32 Å². The zero-order valence-corrected chi connectivity index (χ0v) is 13.3. The molecule has 0 spiro atoms. The molecule has 108 valence electrons. The number of rotatable bonds is 6. The van der Waals surface area contributed by atoms with E-state index in [-0.39, 0.29) is 11.2 Å². The highest BCUT2D eigenvalue weighted by Crippen LogP contribution is 2.33. The first-order valence-corrected chi connectivity index (χ1v) is 7.29. The number of hydrogen-bond donors (Lipinski definition) is 1. The highest BCUT2D eigenvalue weighted by atomic mass is 35.5. The van der Waals surface area contributed by atoms with Gasteiger partial charge in [-0.05, 0) is 35.4 Å². The fraction of sp³-hybridized carbons (Fsp3) is 0.625. The maximum atomic E-state index is 13.1. The molecule has 0 saturated carbocycles. The molecule has 1 rings (SSSR count). The van der Waals surface area contributed by atoms with Gasteiger partial charge < -0.3 is 5.32 Å². The molecule has 1 unspecified atom stereocenters. The predicted octanol–water partition coefficient (Wildman–Crippen LogP) is 4.68. The summed E-state index contributed by atoms with van der Waals surface area (Å²) in [6.45, 7) is 11.9. The van der Waals surface area contributed by atoms with Gasteiger partial charge in [-0.15, -0.1) is 0 Å². The van der Waals surface area contributed by atoms with E-state index in [2.05, 4.69) is 39.9 Å². The minimum Gasteiger partial charge on any atom is -0.314 e. The third-order valence-electron chi connectivity index (χ3n) is 3.92. The van der Waals surface area contributed by atoms with Crippen LogP contribution in [0.15, 0.2) is 18.2 Å². The summed E-state index contributed by atoms with van der Waals surface area (Å²) in [5.41, 5.74) is 1.12. The van der Waals surface area contributed by atoms with Gasteiger partial charge in [-0.25, -0.2) is 4.39 Å². The molecule has 0 radical (unpaired) electrons. The second-order valence-electron chi connectivity index (χ2n) is 6.26. The molecule has 0 amide bonds. The zero-order chi connectivity index (χ0) is 14.6. The van der Waals surface area contributed by atoms with E-state index in [1.54, 1.807) is 6.07 Å². The fourth-order valence-electron chi connectivity index (χ4n) is 2.01. The van der Waals surface area contributed by atoms with Gasteiger partial charge in [0.25, 0.3) is 0 Å². The summed E-state index contributed by atoms with van der Waals surface area (Å²) in [7, 11) is 0. The van der Waals surface area contributed by atoms with Crippen LogP contribution in [-0.4, -0.2) is 12.6 Å². The van der Waals surface area contributed by atoms with Gasteiger partial charge in [0.15, 0.2) is 0 Å². The summed E-state index contributed by atoms with van der Waals surface area (Å²) < 4.78 is 13.1. The molecule has 0 aliphatic carbocycles. The molecule has 0 bridgehead atoms. The van der Waals surface area contributed by atoms with Crippen molar-refractivity contribution in [1.82, 2.24) is 5.32 Å². The van der Waals surface area contributed by atoms with E-state index in [1.807, 2.05) is 0 Å². The van der Waals surface area contributed by atoms with E-state index < -0.39 is 0 Å². The Labute approximate surface area is 121 Å². The molecule has 1 aromatic carbocycles. The Hall–Kier alpha value is -0.600. The number of hydrogen-bond acceptors (Lipinski definition) is 1. The number of halogens is 2. The van der Waals surface area contributed by atoms with Crippen molar-refractivity contribution in [3.05, 3.63) is 34.6 Å². The van der Waals surface area contributed by atoms with Crippen molar-refractivity contribution in [2.75, 3.05) is 6.54 Å². The molecule has 0 aliphatic heterocycles. The minimum atomic E-state index is -0.277. The first-order valence-electron chi connectivity index (χ1n) is 6.92. The Kier molecular flexibility index (Phi) is 5.82. The first-order chi connectivity index (χ1) is 8.74. The summed E-state index contributed by atoms with van der Waals surface area (Å²) in [6, 6.07) is 5.14. The first kappa shape index (κ1) is 16.5. The van der Waals surface area contributed by atoms with Crippen molar-refractivity contribution in [1.29, 1.82) is 0 Å². The van der Waals surface area contributed by atoms with Crippen molar-refractivity contribution < 1.29 is 4.39 Å². The van der Waals surface area contributed by atoms with Gasteiger partial charge in [0.05, 0.1) is 0 Å². The Morgan fingerprint density at radius 2 is 1.89 bits per heavy atom. The minimum absolute atomic E-state index is 0.103. The molecule has 1 N–H and O–H groups in total. The van der Waals surface area contributed by atoms with Gasteiger partial charge >= 0.3 is 0 Å². The predicted molar refractivity (Wildman–Crippen MR) is 81.2 cm³/mol. The Bertz CT molecular complexity index is 417. The van der Waals surface area contributed by atoms with E-state index in [9.17, 15) is 4.39 Å². The molecule has 19 heavy (non-hydrogen) atoms. The summed E-state index contributed by atoms with van der Waals surface area (Å²) in [4.78, 5) is 0. The molecule has 1 nitrogen and oxygen atoms in total.